The molecule has 1 aromatic heterocycles. The van der Waals surface area contributed by atoms with Crippen LogP contribution >= 0.6 is 0 Å². The molecular formula is C15H17N5O. The third-order valence-corrected chi connectivity index (χ3v) is 3.03. The minimum Gasteiger partial charge on any atom is -0.507 e. The van der Waals surface area contributed by atoms with Crippen LogP contribution in [0.5, 0.6) is 5.75 Å². The highest BCUT2D eigenvalue weighted by Crippen LogP contribution is 2.31. The van der Waals surface area contributed by atoms with Crippen molar-refractivity contribution in [1.29, 1.82) is 5.26 Å². The number of para-hydroxylation sites is 1. The number of hydrogen-bond donors (Lipinski definition) is 4. The number of nitrogen functional groups attached to an aromatic ring is 1. The third kappa shape index (κ3) is 3.22. The summed E-state index contributed by atoms with van der Waals surface area (Å²) >= 11 is 0. The van der Waals surface area contributed by atoms with E-state index in [-0.39, 0.29) is 11.6 Å². The van der Waals surface area contributed by atoms with Crippen LogP contribution in [0.1, 0.15) is 5.56 Å². The molecule has 6 nitrogen and oxygen atoms in total. The fraction of sp³-hybridized carbons (Fsp3) is 0.200. The number of rotatable bonds is 5. The van der Waals surface area contributed by atoms with Gasteiger partial charge in [-0.2, -0.15) is 5.26 Å². The number of pyridine rings is 1. The maximum atomic E-state index is 9.91. The van der Waals surface area contributed by atoms with Gasteiger partial charge < -0.3 is 21.5 Å². The lowest BCUT2D eigenvalue weighted by molar-refractivity contribution is 0.477. The number of benzene rings is 1. The smallest absolute Gasteiger partial charge is 0.144 e. The van der Waals surface area contributed by atoms with Gasteiger partial charge in [-0.3, -0.25) is 0 Å². The first-order valence-electron chi connectivity index (χ1n) is 6.54. The van der Waals surface area contributed by atoms with Gasteiger partial charge in [0.05, 0.1) is 11.4 Å². The lowest BCUT2D eigenvalue weighted by Gasteiger charge is -2.12. The maximum absolute atomic E-state index is 9.91. The Morgan fingerprint density at radius 1 is 1.33 bits per heavy atom. The topological polar surface area (TPSA) is 107 Å². The highest BCUT2D eigenvalue weighted by molar-refractivity contribution is 5.76. The summed E-state index contributed by atoms with van der Waals surface area (Å²) in [6.07, 6.45) is 0. The summed E-state index contributed by atoms with van der Waals surface area (Å²) in [5.41, 5.74) is 7.87. The Morgan fingerprint density at radius 3 is 2.76 bits per heavy atom. The molecule has 0 radical (unpaired) electrons. The monoisotopic (exact) mass is 283 g/mol. The molecule has 5 N–H and O–H groups in total. The Balaban J connectivity index is 2.45. The molecule has 2 aromatic rings. The van der Waals surface area contributed by atoms with Crippen LogP contribution in [0.3, 0.4) is 0 Å². The molecule has 21 heavy (non-hydrogen) atoms. The van der Waals surface area contributed by atoms with Crippen LogP contribution in [0.15, 0.2) is 30.3 Å². The Morgan fingerprint density at radius 2 is 2.10 bits per heavy atom. The second-order valence-corrected chi connectivity index (χ2v) is 4.47. The van der Waals surface area contributed by atoms with E-state index in [2.05, 4.69) is 21.7 Å². The van der Waals surface area contributed by atoms with Gasteiger partial charge in [0.1, 0.15) is 23.2 Å². The fourth-order valence-electron chi connectivity index (χ4n) is 1.97. The van der Waals surface area contributed by atoms with E-state index < -0.39 is 0 Å². The van der Waals surface area contributed by atoms with Crippen molar-refractivity contribution in [3.05, 3.63) is 35.9 Å². The Kier molecular flexibility index (Phi) is 4.59. The number of nitrogens with one attached hydrogen (secondary N) is 2. The molecule has 0 saturated carbocycles. The van der Waals surface area contributed by atoms with E-state index in [9.17, 15) is 10.4 Å². The summed E-state index contributed by atoms with van der Waals surface area (Å²) < 4.78 is 0. The van der Waals surface area contributed by atoms with Gasteiger partial charge in [0.2, 0.25) is 0 Å². The standard InChI is InChI=1S/C15H17N5O/c1-18-6-7-19-12-8-13(20-15(17)11(12)9-16)10-4-2-3-5-14(10)21/h2-5,8,18,21H,6-7H2,1H3,(H3,17,19,20). The van der Waals surface area contributed by atoms with Gasteiger partial charge in [-0.1, -0.05) is 12.1 Å². The van der Waals surface area contributed by atoms with Gasteiger partial charge in [0, 0.05) is 18.7 Å². The molecule has 0 aliphatic heterocycles. The second kappa shape index (κ2) is 6.59. The Labute approximate surface area is 123 Å². The minimum atomic E-state index is 0.121. The van der Waals surface area contributed by atoms with Gasteiger partial charge in [0.25, 0.3) is 0 Å². The molecule has 0 amide bonds. The molecule has 2 rings (SSSR count). The zero-order valence-corrected chi connectivity index (χ0v) is 11.7. The van der Waals surface area contributed by atoms with E-state index in [0.717, 1.165) is 6.54 Å². The summed E-state index contributed by atoms with van der Waals surface area (Å²) in [5, 5.41) is 25.3. The first-order valence-corrected chi connectivity index (χ1v) is 6.54. The molecule has 0 spiro atoms. The number of nitrogens with two attached hydrogens (primary N) is 1. The number of aromatic hydroxyl groups is 1. The molecule has 0 aliphatic carbocycles. The number of phenols is 1. The number of aromatic nitrogens is 1. The van der Waals surface area contributed by atoms with Crippen LogP contribution in [0.2, 0.25) is 0 Å². The van der Waals surface area contributed by atoms with E-state index >= 15 is 0 Å². The predicted octanol–water partition coefficient (Wildman–Crippen LogP) is 1.54. The summed E-state index contributed by atoms with van der Waals surface area (Å²) in [6.45, 7) is 1.40. The number of nitriles is 1. The number of anilines is 2. The average molecular weight is 283 g/mol. The molecule has 0 aliphatic rings. The minimum absolute atomic E-state index is 0.121. The van der Waals surface area contributed by atoms with Crippen molar-refractivity contribution in [2.24, 2.45) is 0 Å². The summed E-state index contributed by atoms with van der Waals surface area (Å²) in [4.78, 5) is 4.20. The Bertz CT molecular complexity index is 678. The third-order valence-electron chi connectivity index (χ3n) is 3.03. The molecule has 0 atom stereocenters. The van der Waals surface area contributed by atoms with Gasteiger partial charge >= 0.3 is 0 Å². The summed E-state index contributed by atoms with van der Waals surface area (Å²) in [5.74, 6) is 0.264. The first kappa shape index (κ1) is 14.6. The number of phenolic OH excluding ortho intramolecular Hbond substituents is 1. The largest absolute Gasteiger partial charge is 0.507 e. The zero-order chi connectivity index (χ0) is 15.2. The van der Waals surface area contributed by atoms with E-state index in [1.54, 1.807) is 30.3 Å². The normalized spacial score (nSPS) is 10.1. The van der Waals surface area contributed by atoms with Crippen molar-refractivity contribution >= 4 is 11.5 Å². The van der Waals surface area contributed by atoms with Crippen molar-refractivity contribution in [3.63, 3.8) is 0 Å². The van der Waals surface area contributed by atoms with Crippen molar-refractivity contribution < 1.29 is 5.11 Å². The fourth-order valence-corrected chi connectivity index (χ4v) is 1.97. The van der Waals surface area contributed by atoms with Crippen molar-refractivity contribution in [2.75, 3.05) is 31.2 Å². The summed E-state index contributed by atoms with van der Waals surface area (Å²) in [6, 6.07) is 10.6. The zero-order valence-electron chi connectivity index (χ0n) is 11.7. The quantitative estimate of drug-likeness (QED) is 0.620. The van der Waals surface area contributed by atoms with E-state index in [4.69, 9.17) is 5.73 Å². The molecule has 0 saturated heterocycles. The summed E-state index contributed by atoms with van der Waals surface area (Å²) in [7, 11) is 1.85. The van der Waals surface area contributed by atoms with Crippen LogP contribution in [-0.2, 0) is 0 Å². The molecular weight excluding hydrogens is 266 g/mol. The molecule has 108 valence electrons. The first-order chi connectivity index (χ1) is 10.2. The van der Waals surface area contributed by atoms with Gasteiger partial charge in [-0.05, 0) is 25.2 Å². The van der Waals surface area contributed by atoms with E-state index in [1.807, 2.05) is 7.05 Å². The number of nitrogens with zero attached hydrogens (tertiary/aromatic N) is 2. The van der Waals surface area contributed by atoms with Crippen LogP contribution in [0.4, 0.5) is 11.5 Å². The second-order valence-electron chi connectivity index (χ2n) is 4.47. The molecule has 1 heterocycles. The van der Waals surface area contributed by atoms with Gasteiger partial charge in [-0.15, -0.1) is 0 Å². The SMILES string of the molecule is CNCCNc1cc(-c2ccccc2O)nc(N)c1C#N. The van der Waals surface area contributed by atoms with Crippen LogP contribution < -0.4 is 16.4 Å². The maximum Gasteiger partial charge on any atom is 0.144 e. The average Bonchev–Trinajstić information content (AvgIpc) is 2.47. The van der Waals surface area contributed by atoms with E-state index in [0.29, 0.717) is 29.1 Å². The lowest BCUT2D eigenvalue weighted by Crippen LogP contribution is -2.18. The van der Waals surface area contributed by atoms with Crippen LogP contribution in [0, 0.1) is 11.3 Å². The molecule has 0 unspecified atom stereocenters. The molecule has 0 fully saturated rings. The predicted molar refractivity (Wildman–Crippen MR) is 82.9 cm³/mol. The highest BCUT2D eigenvalue weighted by Gasteiger charge is 2.13. The van der Waals surface area contributed by atoms with Gasteiger partial charge in [-0.25, -0.2) is 4.98 Å². The molecule has 1 aromatic carbocycles. The highest BCUT2D eigenvalue weighted by atomic mass is 16.3. The van der Waals surface area contributed by atoms with Gasteiger partial charge in [0.15, 0.2) is 0 Å². The lowest BCUT2D eigenvalue weighted by atomic mass is 10.1. The van der Waals surface area contributed by atoms with Crippen molar-refractivity contribution in [3.8, 4) is 23.1 Å². The van der Waals surface area contributed by atoms with Crippen LogP contribution in [-0.4, -0.2) is 30.2 Å². The van der Waals surface area contributed by atoms with E-state index in [1.165, 1.54) is 0 Å². The van der Waals surface area contributed by atoms with Crippen molar-refractivity contribution in [2.45, 2.75) is 0 Å². The molecule has 0 bridgehead atoms. The molecule has 6 heteroatoms. The van der Waals surface area contributed by atoms with Crippen molar-refractivity contribution in [1.82, 2.24) is 10.3 Å². The number of hydrogen-bond acceptors (Lipinski definition) is 6. The van der Waals surface area contributed by atoms with Crippen LogP contribution in [0.25, 0.3) is 11.3 Å². The Hall–Kier alpha value is -2.78. The number of likely N-dealkylation sites (N-methyl/N-ethyl adjacent to an activating group) is 1.